The van der Waals surface area contributed by atoms with Crippen molar-refractivity contribution < 1.29 is 4.79 Å². The Labute approximate surface area is 86.0 Å². The van der Waals surface area contributed by atoms with Gasteiger partial charge in [0.25, 0.3) is 0 Å². The number of carbonyl (C=O) groups is 1. The Balaban J connectivity index is 2.51. The Bertz CT molecular complexity index is 221. The number of carbonyl (C=O) groups excluding carboxylic acids is 1. The van der Waals surface area contributed by atoms with Crippen LogP contribution < -0.4 is 5.73 Å². The van der Waals surface area contributed by atoms with Crippen molar-refractivity contribution in [3.8, 4) is 0 Å². The second-order valence-corrected chi connectivity index (χ2v) is 4.54. The summed E-state index contributed by atoms with van der Waals surface area (Å²) in [6.45, 7) is 9.08. The summed E-state index contributed by atoms with van der Waals surface area (Å²) in [6, 6.07) is 0.470. The third kappa shape index (κ3) is 1.91. The van der Waals surface area contributed by atoms with Gasteiger partial charge in [-0.2, -0.15) is 0 Å². The predicted octanol–water partition coefficient (Wildman–Crippen LogP) is -0.114. The third-order valence-corrected chi connectivity index (χ3v) is 3.42. The molecule has 0 unspecified atom stereocenters. The molecule has 14 heavy (non-hydrogen) atoms. The smallest absolute Gasteiger partial charge is 0.237 e. The molecule has 82 valence electrons. The normalized spacial score (nSPS) is 19.8. The van der Waals surface area contributed by atoms with Crippen molar-refractivity contribution in [2.45, 2.75) is 32.4 Å². The Morgan fingerprint density at radius 1 is 1.57 bits per heavy atom. The highest BCUT2D eigenvalue weighted by Crippen LogP contribution is 2.21. The standard InChI is InChI=1S/C10H21N3O/c1-5-13-6-8(7-13)12(4)10(2,3)9(11)14/h8H,5-7H2,1-4H3,(H2,11,14). The molecular formula is C10H21N3O. The molecule has 0 radical (unpaired) electrons. The SMILES string of the molecule is CCN1CC(N(C)C(C)(C)C(N)=O)C1. The first-order chi connectivity index (χ1) is 6.39. The van der Waals surface area contributed by atoms with Gasteiger partial charge in [-0.15, -0.1) is 0 Å². The number of primary amides is 1. The molecule has 4 heteroatoms. The Kier molecular flexibility index (Phi) is 3.17. The molecule has 0 aromatic carbocycles. The van der Waals surface area contributed by atoms with Crippen molar-refractivity contribution in [1.82, 2.24) is 9.80 Å². The van der Waals surface area contributed by atoms with Crippen molar-refractivity contribution >= 4 is 5.91 Å². The van der Waals surface area contributed by atoms with Gasteiger partial charge in [0.15, 0.2) is 0 Å². The number of likely N-dealkylation sites (tertiary alicyclic amines) is 1. The number of amides is 1. The molecule has 0 spiro atoms. The summed E-state index contributed by atoms with van der Waals surface area (Å²) >= 11 is 0. The molecule has 0 atom stereocenters. The van der Waals surface area contributed by atoms with Crippen LogP contribution >= 0.6 is 0 Å². The van der Waals surface area contributed by atoms with Crippen molar-refractivity contribution in [3.63, 3.8) is 0 Å². The predicted molar refractivity (Wildman–Crippen MR) is 56.9 cm³/mol. The van der Waals surface area contributed by atoms with Gasteiger partial charge in [-0.05, 0) is 27.4 Å². The van der Waals surface area contributed by atoms with Gasteiger partial charge in [-0.25, -0.2) is 0 Å². The summed E-state index contributed by atoms with van der Waals surface area (Å²) in [5.74, 6) is -0.255. The average molecular weight is 199 g/mol. The summed E-state index contributed by atoms with van der Waals surface area (Å²) < 4.78 is 0. The van der Waals surface area contributed by atoms with E-state index in [1.54, 1.807) is 0 Å². The zero-order valence-corrected chi connectivity index (χ0v) is 9.58. The van der Waals surface area contributed by atoms with Crippen LogP contribution in [0.5, 0.6) is 0 Å². The first-order valence-electron chi connectivity index (χ1n) is 5.14. The van der Waals surface area contributed by atoms with E-state index in [-0.39, 0.29) is 5.91 Å². The number of hydrogen-bond acceptors (Lipinski definition) is 3. The van der Waals surface area contributed by atoms with Crippen LogP contribution in [0.15, 0.2) is 0 Å². The van der Waals surface area contributed by atoms with Gasteiger partial charge >= 0.3 is 0 Å². The fourth-order valence-corrected chi connectivity index (χ4v) is 1.68. The van der Waals surface area contributed by atoms with E-state index in [0.717, 1.165) is 19.6 Å². The molecule has 0 aromatic heterocycles. The zero-order chi connectivity index (χ0) is 10.9. The van der Waals surface area contributed by atoms with Gasteiger partial charge in [0, 0.05) is 19.1 Å². The molecule has 2 N–H and O–H groups in total. The number of hydrogen-bond donors (Lipinski definition) is 1. The molecule has 0 bridgehead atoms. The average Bonchev–Trinajstić information content (AvgIpc) is 2.01. The largest absolute Gasteiger partial charge is 0.368 e. The van der Waals surface area contributed by atoms with Gasteiger partial charge in [-0.1, -0.05) is 6.92 Å². The maximum atomic E-state index is 11.2. The van der Waals surface area contributed by atoms with Crippen LogP contribution in [0, 0.1) is 0 Å². The topological polar surface area (TPSA) is 49.6 Å². The van der Waals surface area contributed by atoms with Crippen LogP contribution in [0.4, 0.5) is 0 Å². The second kappa shape index (κ2) is 3.87. The quantitative estimate of drug-likeness (QED) is 0.687. The lowest BCUT2D eigenvalue weighted by Gasteiger charge is -2.48. The molecule has 0 aromatic rings. The van der Waals surface area contributed by atoms with Crippen LogP contribution in [0.25, 0.3) is 0 Å². The number of rotatable bonds is 4. The van der Waals surface area contributed by atoms with Crippen molar-refractivity contribution in [2.24, 2.45) is 5.73 Å². The number of nitrogens with two attached hydrogens (primary N) is 1. The molecule has 1 aliphatic heterocycles. The fourth-order valence-electron chi connectivity index (χ4n) is 1.68. The van der Waals surface area contributed by atoms with Crippen LogP contribution in [0.1, 0.15) is 20.8 Å². The Morgan fingerprint density at radius 2 is 2.07 bits per heavy atom. The molecule has 1 fully saturated rings. The molecule has 1 saturated heterocycles. The van der Waals surface area contributed by atoms with Crippen molar-refractivity contribution in [3.05, 3.63) is 0 Å². The first-order valence-corrected chi connectivity index (χ1v) is 5.14. The van der Waals surface area contributed by atoms with E-state index in [2.05, 4.69) is 16.7 Å². The van der Waals surface area contributed by atoms with E-state index in [9.17, 15) is 4.79 Å². The van der Waals surface area contributed by atoms with Gasteiger partial charge in [0.05, 0.1) is 5.54 Å². The Morgan fingerprint density at radius 3 is 2.43 bits per heavy atom. The third-order valence-electron chi connectivity index (χ3n) is 3.42. The van der Waals surface area contributed by atoms with E-state index in [0.29, 0.717) is 6.04 Å². The fraction of sp³-hybridized carbons (Fsp3) is 0.900. The van der Waals surface area contributed by atoms with E-state index in [1.807, 2.05) is 20.9 Å². The second-order valence-electron chi connectivity index (χ2n) is 4.54. The van der Waals surface area contributed by atoms with E-state index in [4.69, 9.17) is 5.73 Å². The summed E-state index contributed by atoms with van der Waals surface area (Å²) in [4.78, 5) is 15.7. The lowest BCUT2D eigenvalue weighted by Crippen LogP contribution is -2.65. The highest BCUT2D eigenvalue weighted by molar-refractivity contribution is 5.83. The molecular weight excluding hydrogens is 178 g/mol. The Hall–Kier alpha value is -0.610. The molecule has 1 heterocycles. The highest BCUT2D eigenvalue weighted by Gasteiger charge is 2.39. The summed E-state index contributed by atoms with van der Waals surface area (Å²) in [7, 11) is 1.97. The molecule has 1 amide bonds. The summed E-state index contributed by atoms with van der Waals surface area (Å²) in [5, 5.41) is 0. The van der Waals surface area contributed by atoms with Crippen LogP contribution in [0.3, 0.4) is 0 Å². The maximum absolute atomic E-state index is 11.2. The molecule has 4 nitrogen and oxygen atoms in total. The molecule has 0 aliphatic carbocycles. The van der Waals surface area contributed by atoms with Crippen LogP contribution in [-0.2, 0) is 4.79 Å². The van der Waals surface area contributed by atoms with Gasteiger partial charge < -0.3 is 10.6 Å². The lowest BCUT2D eigenvalue weighted by atomic mass is 9.97. The molecule has 0 saturated carbocycles. The zero-order valence-electron chi connectivity index (χ0n) is 9.58. The maximum Gasteiger partial charge on any atom is 0.237 e. The van der Waals surface area contributed by atoms with E-state index < -0.39 is 5.54 Å². The molecule has 1 aliphatic rings. The van der Waals surface area contributed by atoms with Crippen molar-refractivity contribution in [2.75, 3.05) is 26.7 Å². The van der Waals surface area contributed by atoms with Crippen LogP contribution in [-0.4, -0.2) is 54.0 Å². The number of likely N-dealkylation sites (N-methyl/N-ethyl adjacent to an activating group) is 2. The van der Waals surface area contributed by atoms with E-state index >= 15 is 0 Å². The van der Waals surface area contributed by atoms with Gasteiger partial charge in [-0.3, -0.25) is 9.69 Å². The monoisotopic (exact) mass is 199 g/mol. The summed E-state index contributed by atoms with van der Waals surface area (Å²) in [6.07, 6.45) is 0. The van der Waals surface area contributed by atoms with Gasteiger partial charge in [0.2, 0.25) is 5.91 Å². The minimum Gasteiger partial charge on any atom is -0.368 e. The van der Waals surface area contributed by atoms with Crippen LogP contribution in [0.2, 0.25) is 0 Å². The minimum atomic E-state index is -0.537. The molecule has 1 rings (SSSR count). The minimum absolute atomic E-state index is 0.255. The number of nitrogens with zero attached hydrogens (tertiary/aromatic N) is 2. The lowest BCUT2D eigenvalue weighted by molar-refractivity contribution is -0.131. The highest BCUT2D eigenvalue weighted by atomic mass is 16.1. The van der Waals surface area contributed by atoms with Crippen molar-refractivity contribution in [1.29, 1.82) is 0 Å². The first kappa shape index (κ1) is 11.5. The van der Waals surface area contributed by atoms with E-state index in [1.165, 1.54) is 0 Å². The van der Waals surface area contributed by atoms with Gasteiger partial charge in [0.1, 0.15) is 0 Å². The summed E-state index contributed by atoms with van der Waals surface area (Å²) in [5.41, 5.74) is 4.82.